The van der Waals surface area contributed by atoms with Crippen LogP contribution in [0.15, 0.2) is 35.4 Å². The Morgan fingerprint density at radius 3 is 2.53 bits per heavy atom. The first-order valence-electron chi connectivity index (χ1n) is 6.21. The van der Waals surface area contributed by atoms with Gasteiger partial charge in [0.05, 0.1) is 6.21 Å². The molecule has 2 amide bonds. The van der Waals surface area contributed by atoms with E-state index in [1.54, 1.807) is 0 Å². The van der Waals surface area contributed by atoms with Crippen molar-refractivity contribution in [2.45, 2.75) is 20.3 Å². The highest BCUT2D eigenvalue weighted by Gasteiger charge is 2.08. The Balaban J connectivity index is 2.28. The van der Waals surface area contributed by atoms with Crippen molar-refractivity contribution in [3.8, 4) is 0 Å². The van der Waals surface area contributed by atoms with Crippen LogP contribution in [0, 0.1) is 5.92 Å². The number of amides is 2. The smallest absolute Gasteiger partial charge is 0.249 e. The summed E-state index contributed by atoms with van der Waals surface area (Å²) in [5.74, 6) is -0.349. The van der Waals surface area contributed by atoms with Gasteiger partial charge in [0.2, 0.25) is 11.8 Å². The van der Waals surface area contributed by atoms with Crippen molar-refractivity contribution in [2.75, 3.05) is 6.54 Å². The molecule has 0 aliphatic rings. The average molecular weight is 261 g/mol. The maximum atomic E-state index is 11.4. The highest BCUT2D eigenvalue weighted by Crippen LogP contribution is 1.93. The van der Waals surface area contributed by atoms with E-state index in [9.17, 15) is 9.59 Å². The highest BCUT2D eigenvalue weighted by molar-refractivity contribution is 5.97. The summed E-state index contributed by atoms with van der Waals surface area (Å²) in [5.41, 5.74) is 3.20. The van der Waals surface area contributed by atoms with Gasteiger partial charge < -0.3 is 5.32 Å². The molecule has 0 aliphatic heterocycles. The zero-order valence-electron chi connectivity index (χ0n) is 11.2. The maximum Gasteiger partial charge on any atom is 0.249 e. The molecule has 0 radical (unpaired) electrons. The second kappa shape index (κ2) is 8.02. The van der Waals surface area contributed by atoms with Crippen LogP contribution in [0.25, 0.3) is 0 Å². The minimum absolute atomic E-state index is 0.209. The molecule has 0 saturated carbocycles. The fourth-order valence-electron chi connectivity index (χ4n) is 1.28. The molecule has 0 fully saturated rings. The molecule has 0 saturated heterocycles. The molecule has 0 aliphatic carbocycles. The van der Waals surface area contributed by atoms with Gasteiger partial charge in [0.15, 0.2) is 0 Å². The van der Waals surface area contributed by atoms with Crippen molar-refractivity contribution in [3.63, 3.8) is 0 Å². The molecule has 0 unspecified atom stereocenters. The molecule has 5 heteroatoms. The van der Waals surface area contributed by atoms with Gasteiger partial charge in [0.1, 0.15) is 6.42 Å². The largest absolute Gasteiger partial charge is 0.355 e. The molecule has 0 heterocycles. The van der Waals surface area contributed by atoms with Gasteiger partial charge in [0, 0.05) is 6.54 Å². The van der Waals surface area contributed by atoms with Crippen LogP contribution in [0.3, 0.4) is 0 Å². The van der Waals surface area contributed by atoms with Crippen LogP contribution in [0.5, 0.6) is 0 Å². The first kappa shape index (κ1) is 14.9. The van der Waals surface area contributed by atoms with E-state index >= 15 is 0 Å². The Bertz CT molecular complexity index is 441. The van der Waals surface area contributed by atoms with Crippen molar-refractivity contribution < 1.29 is 9.59 Å². The standard InChI is InChI=1S/C14H19N3O2/c1-11(2)9-15-13(18)8-14(19)17-16-10-12-6-4-3-5-7-12/h3-7,10-11H,8-9H2,1-2H3,(H,15,18)(H,17,19). The van der Waals surface area contributed by atoms with Crippen LogP contribution in [-0.4, -0.2) is 24.6 Å². The summed E-state index contributed by atoms with van der Waals surface area (Å²) >= 11 is 0. The molecule has 1 aromatic rings. The number of benzene rings is 1. The molecular weight excluding hydrogens is 242 g/mol. The van der Waals surface area contributed by atoms with Gasteiger partial charge in [-0.05, 0) is 11.5 Å². The Morgan fingerprint density at radius 1 is 1.21 bits per heavy atom. The lowest BCUT2D eigenvalue weighted by Gasteiger charge is -2.06. The highest BCUT2D eigenvalue weighted by atomic mass is 16.2. The third-order valence-corrected chi connectivity index (χ3v) is 2.23. The van der Waals surface area contributed by atoms with Gasteiger partial charge in [0.25, 0.3) is 0 Å². The number of rotatable bonds is 6. The van der Waals surface area contributed by atoms with E-state index in [4.69, 9.17) is 0 Å². The molecular formula is C14H19N3O2. The van der Waals surface area contributed by atoms with Gasteiger partial charge >= 0.3 is 0 Å². The van der Waals surface area contributed by atoms with Crippen LogP contribution in [0.4, 0.5) is 0 Å². The Kier molecular flexibility index (Phi) is 6.29. The summed E-state index contributed by atoms with van der Waals surface area (Å²) in [7, 11) is 0. The maximum absolute atomic E-state index is 11.4. The van der Waals surface area contributed by atoms with Gasteiger partial charge in [-0.1, -0.05) is 44.2 Å². The van der Waals surface area contributed by atoms with Gasteiger partial charge in [-0.3, -0.25) is 9.59 Å². The molecule has 0 spiro atoms. The van der Waals surface area contributed by atoms with E-state index in [0.29, 0.717) is 12.5 Å². The van der Waals surface area contributed by atoms with Crippen LogP contribution >= 0.6 is 0 Å². The second-order valence-electron chi connectivity index (χ2n) is 4.58. The zero-order chi connectivity index (χ0) is 14.1. The molecule has 5 nitrogen and oxygen atoms in total. The minimum Gasteiger partial charge on any atom is -0.355 e. The topological polar surface area (TPSA) is 70.6 Å². The van der Waals surface area contributed by atoms with Gasteiger partial charge in [-0.15, -0.1) is 0 Å². The fourth-order valence-corrected chi connectivity index (χ4v) is 1.28. The number of nitrogens with one attached hydrogen (secondary N) is 2. The third kappa shape index (κ3) is 6.98. The van der Waals surface area contributed by atoms with E-state index < -0.39 is 5.91 Å². The van der Waals surface area contributed by atoms with Crippen molar-refractivity contribution in [3.05, 3.63) is 35.9 Å². The molecule has 102 valence electrons. The average Bonchev–Trinajstić information content (AvgIpc) is 2.37. The number of hydrogen-bond donors (Lipinski definition) is 2. The summed E-state index contributed by atoms with van der Waals surface area (Å²) in [5, 5.41) is 6.45. The SMILES string of the molecule is CC(C)CNC(=O)CC(=O)NN=Cc1ccccc1. The monoisotopic (exact) mass is 261 g/mol. The first-order valence-corrected chi connectivity index (χ1v) is 6.21. The van der Waals surface area contributed by atoms with E-state index in [0.717, 1.165) is 5.56 Å². The molecule has 0 atom stereocenters. The van der Waals surface area contributed by atoms with Crippen molar-refractivity contribution in [1.29, 1.82) is 0 Å². The van der Waals surface area contributed by atoms with Crippen molar-refractivity contribution >= 4 is 18.0 Å². The van der Waals surface area contributed by atoms with Crippen molar-refractivity contribution in [2.24, 2.45) is 11.0 Å². The molecule has 0 bridgehead atoms. The normalized spacial score (nSPS) is 10.7. The van der Waals surface area contributed by atoms with Crippen LogP contribution in [0.2, 0.25) is 0 Å². The molecule has 1 aromatic carbocycles. The number of nitrogens with zero attached hydrogens (tertiary/aromatic N) is 1. The fraction of sp³-hybridized carbons (Fsp3) is 0.357. The minimum atomic E-state index is -0.423. The molecule has 1 rings (SSSR count). The van der Waals surface area contributed by atoms with E-state index in [-0.39, 0.29) is 12.3 Å². The number of hydrazone groups is 1. The lowest BCUT2D eigenvalue weighted by atomic mass is 10.2. The molecule has 19 heavy (non-hydrogen) atoms. The van der Waals surface area contributed by atoms with Gasteiger partial charge in [-0.2, -0.15) is 5.10 Å². The Labute approximate surface area is 113 Å². The number of hydrogen-bond acceptors (Lipinski definition) is 3. The third-order valence-electron chi connectivity index (χ3n) is 2.23. The predicted molar refractivity (Wildman–Crippen MR) is 74.6 cm³/mol. The van der Waals surface area contributed by atoms with E-state index in [1.165, 1.54) is 6.21 Å². The van der Waals surface area contributed by atoms with Crippen LogP contribution in [-0.2, 0) is 9.59 Å². The van der Waals surface area contributed by atoms with Crippen LogP contribution in [0.1, 0.15) is 25.8 Å². The molecule has 2 N–H and O–H groups in total. The summed E-state index contributed by atoms with van der Waals surface area (Å²) in [6.07, 6.45) is 1.32. The van der Waals surface area contributed by atoms with Crippen LogP contribution < -0.4 is 10.7 Å². The summed E-state index contributed by atoms with van der Waals surface area (Å²) in [6, 6.07) is 9.38. The summed E-state index contributed by atoms with van der Waals surface area (Å²) in [4.78, 5) is 22.8. The van der Waals surface area contributed by atoms with E-state index in [1.807, 2.05) is 44.2 Å². The summed E-state index contributed by atoms with van der Waals surface area (Å²) in [6.45, 7) is 4.55. The first-order chi connectivity index (χ1) is 9.08. The van der Waals surface area contributed by atoms with E-state index in [2.05, 4.69) is 15.8 Å². The second-order valence-corrected chi connectivity index (χ2v) is 4.58. The lowest BCUT2D eigenvalue weighted by Crippen LogP contribution is -2.32. The summed E-state index contributed by atoms with van der Waals surface area (Å²) < 4.78 is 0. The molecule has 0 aromatic heterocycles. The predicted octanol–water partition coefficient (Wildman–Crippen LogP) is 1.30. The quantitative estimate of drug-likeness (QED) is 0.460. The Morgan fingerprint density at radius 2 is 1.89 bits per heavy atom. The lowest BCUT2D eigenvalue weighted by molar-refractivity contribution is -0.129. The number of carbonyl (C=O) groups is 2. The Hall–Kier alpha value is -2.17. The number of carbonyl (C=O) groups excluding carboxylic acids is 2. The zero-order valence-corrected chi connectivity index (χ0v) is 11.2. The van der Waals surface area contributed by atoms with Crippen molar-refractivity contribution in [1.82, 2.24) is 10.7 Å². The van der Waals surface area contributed by atoms with Gasteiger partial charge in [-0.25, -0.2) is 5.43 Å².